The van der Waals surface area contributed by atoms with Crippen LogP contribution >= 0.6 is 0 Å². The van der Waals surface area contributed by atoms with E-state index in [1.807, 2.05) is 0 Å². The highest BCUT2D eigenvalue weighted by Crippen LogP contribution is 2.33. The van der Waals surface area contributed by atoms with E-state index in [0.717, 1.165) is 6.07 Å². The number of nitrogens with one attached hydrogen (secondary N) is 2. The van der Waals surface area contributed by atoms with Crippen molar-refractivity contribution in [2.24, 2.45) is 0 Å². The van der Waals surface area contributed by atoms with E-state index in [-0.39, 0.29) is 12.1 Å². The highest BCUT2D eigenvalue weighted by molar-refractivity contribution is 6.02. The summed E-state index contributed by atoms with van der Waals surface area (Å²) in [4.78, 5) is 26.0. The lowest BCUT2D eigenvalue weighted by Crippen LogP contribution is -2.46. The molecule has 1 aliphatic heterocycles. The average Bonchev–Trinajstić information content (AvgIpc) is 2.72. The number of halogens is 3. The highest BCUT2D eigenvalue weighted by Gasteiger charge is 2.33. The van der Waals surface area contributed by atoms with Crippen molar-refractivity contribution in [3.05, 3.63) is 53.6 Å². The van der Waals surface area contributed by atoms with Crippen LogP contribution < -0.4 is 20.1 Å². The van der Waals surface area contributed by atoms with Crippen LogP contribution in [0.3, 0.4) is 0 Å². The van der Waals surface area contributed by atoms with Crippen LogP contribution in [0.15, 0.2) is 42.5 Å². The lowest BCUT2D eigenvalue weighted by Gasteiger charge is -2.25. The van der Waals surface area contributed by atoms with Gasteiger partial charge in [0.15, 0.2) is 11.5 Å². The van der Waals surface area contributed by atoms with E-state index in [9.17, 15) is 22.8 Å². The number of anilines is 1. The first-order chi connectivity index (χ1) is 14.6. The first kappa shape index (κ1) is 22.4. The summed E-state index contributed by atoms with van der Waals surface area (Å²) < 4.78 is 50.4. The number of hydrogen-bond donors (Lipinski definition) is 2. The van der Waals surface area contributed by atoms with Gasteiger partial charge in [0, 0.05) is 18.3 Å². The number of imide groups is 1. The summed E-state index contributed by atoms with van der Waals surface area (Å²) in [5, 5.41) is 4.72. The minimum absolute atomic E-state index is 0.0397. The average molecular weight is 437 g/mol. The monoisotopic (exact) mass is 437 g/mol. The first-order valence-electron chi connectivity index (χ1n) is 9.52. The first-order valence-corrected chi connectivity index (χ1v) is 9.52. The smallest absolute Gasteiger partial charge is 0.416 e. The lowest BCUT2D eigenvalue weighted by atomic mass is 10.1. The van der Waals surface area contributed by atoms with Gasteiger partial charge in [-0.05, 0) is 37.7 Å². The molecule has 31 heavy (non-hydrogen) atoms. The van der Waals surface area contributed by atoms with Gasteiger partial charge < -0.3 is 14.8 Å². The molecule has 0 spiro atoms. The molecule has 0 saturated carbocycles. The van der Waals surface area contributed by atoms with Gasteiger partial charge in [0.2, 0.25) is 5.91 Å². The van der Waals surface area contributed by atoms with Gasteiger partial charge in [0.1, 0.15) is 13.2 Å². The number of carbonyl (C=O) groups excluding carboxylic acids is 2. The molecular weight excluding hydrogens is 415 g/mol. The van der Waals surface area contributed by atoms with E-state index in [0.29, 0.717) is 30.4 Å². The Morgan fingerprint density at radius 2 is 1.77 bits per heavy atom. The normalized spacial score (nSPS) is 14.1. The Labute approximate surface area is 177 Å². The molecule has 0 aliphatic carbocycles. The molecule has 1 atom stereocenters. The molecule has 0 fully saturated rings. The molecule has 2 N–H and O–H groups in total. The van der Waals surface area contributed by atoms with Gasteiger partial charge >= 0.3 is 12.2 Å². The third kappa shape index (κ3) is 5.66. The quantitative estimate of drug-likeness (QED) is 0.747. The summed E-state index contributed by atoms with van der Waals surface area (Å²) >= 11 is 0. The fourth-order valence-corrected chi connectivity index (χ4v) is 3.04. The number of fused-ring (bicyclic) bond motifs is 1. The van der Waals surface area contributed by atoms with Crippen molar-refractivity contribution >= 4 is 17.6 Å². The maximum Gasteiger partial charge on any atom is 0.416 e. The summed E-state index contributed by atoms with van der Waals surface area (Å²) in [5.41, 5.74) is -0.321. The van der Waals surface area contributed by atoms with E-state index >= 15 is 0 Å². The zero-order valence-corrected chi connectivity index (χ0v) is 17.0. The molecule has 1 heterocycles. The number of carbonyl (C=O) groups is 2. The second-order valence-electron chi connectivity index (χ2n) is 7.05. The second kappa shape index (κ2) is 9.25. The Balaban J connectivity index is 1.58. The van der Waals surface area contributed by atoms with Crippen molar-refractivity contribution in [3.63, 3.8) is 0 Å². The fraction of sp³-hybridized carbons (Fsp3) is 0.333. The van der Waals surface area contributed by atoms with Crippen LogP contribution in [0.25, 0.3) is 0 Å². The van der Waals surface area contributed by atoms with Gasteiger partial charge in [0.05, 0.1) is 11.6 Å². The Kier molecular flexibility index (Phi) is 6.69. The Bertz CT molecular complexity index is 965. The zero-order valence-electron chi connectivity index (χ0n) is 17.0. The number of rotatable bonds is 5. The number of alkyl halides is 3. The Hall–Kier alpha value is -3.27. The van der Waals surface area contributed by atoms with Crippen LogP contribution in [0, 0.1) is 0 Å². The van der Waals surface area contributed by atoms with Crippen LogP contribution in [0.1, 0.15) is 18.1 Å². The maximum atomic E-state index is 13.2. The Morgan fingerprint density at radius 1 is 1.10 bits per heavy atom. The van der Waals surface area contributed by atoms with Crippen molar-refractivity contribution in [3.8, 4) is 11.5 Å². The third-order valence-electron chi connectivity index (χ3n) is 4.82. The zero-order chi connectivity index (χ0) is 22.6. The van der Waals surface area contributed by atoms with Gasteiger partial charge in [-0.25, -0.2) is 4.79 Å². The van der Waals surface area contributed by atoms with E-state index in [2.05, 4.69) is 10.6 Å². The molecule has 3 amide bonds. The number of amides is 3. The van der Waals surface area contributed by atoms with Gasteiger partial charge in [-0.3, -0.25) is 15.0 Å². The van der Waals surface area contributed by atoms with Crippen molar-refractivity contribution < 1.29 is 32.2 Å². The predicted molar refractivity (Wildman–Crippen MR) is 107 cm³/mol. The molecule has 0 radical (unpaired) electrons. The fourth-order valence-electron chi connectivity index (χ4n) is 3.04. The van der Waals surface area contributed by atoms with Crippen molar-refractivity contribution in [2.75, 3.05) is 25.6 Å². The summed E-state index contributed by atoms with van der Waals surface area (Å²) in [6, 6.07) is 8.36. The van der Waals surface area contributed by atoms with Gasteiger partial charge in [-0.1, -0.05) is 18.2 Å². The molecule has 0 saturated heterocycles. The van der Waals surface area contributed by atoms with Crippen LogP contribution in [0.4, 0.5) is 23.7 Å². The summed E-state index contributed by atoms with van der Waals surface area (Å²) in [6.45, 7) is 2.22. The minimum Gasteiger partial charge on any atom is -0.486 e. The van der Waals surface area contributed by atoms with Gasteiger partial charge in [0.25, 0.3) is 0 Å². The van der Waals surface area contributed by atoms with Crippen LogP contribution in [0.2, 0.25) is 0 Å². The molecule has 2 aromatic rings. The number of nitrogens with zero attached hydrogens (tertiary/aromatic N) is 1. The summed E-state index contributed by atoms with van der Waals surface area (Å²) in [5.74, 6) is 0.386. The van der Waals surface area contributed by atoms with Crippen LogP contribution in [-0.2, 0) is 17.5 Å². The van der Waals surface area contributed by atoms with E-state index in [4.69, 9.17) is 9.47 Å². The third-order valence-corrected chi connectivity index (χ3v) is 4.82. The standard InChI is InChI=1S/C21H22F3N3O4/c1-13(27(2)12-14-5-3-4-6-16(14)21(22,23)24)19(28)26-20(29)25-15-7-8-17-18(11-15)31-10-9-30-17/h3-8,11,13H,9-10,12H2,1-2H3,(H2,25,26,28,29)/t13-/m0/s1. The van der Waals surface area contributed by atoms with Crippen LogP contribution in [0.5, 0.6) is 11.5 Å². The molecule has 166 valence electrons. The molecule has 3 rings (SSSR count). The van der Waals surface area contributed by atoms with Gasteiger partial charge in [-0.2, -0.15) is 13.2 Å². The highest BCUT2D eigenvalue weighted by atomic mass is 19.4. The molecule has 1 aliphatic rings. The second-order valence-corrected chi connectivity index (χ2v) is 7.05. The van der Waals surface area contributed by atoms with Crippen molar-refractivity contribution in [1.29, 1.82) is 0 Å². The lowest BCUT2D eigenvalue weighted by molar-refractivity contribution is -0.138. The molecule has 0 aromatic heterocycles. The molecule has 0 bridgehead atoms. The SMILES string of the molecule is C[C@@H](C(=O)NC(=O)Nc1ccc2c(c1)OCCO2)N(C)Cc1ccccc1C(F)(F)F. The van der Waals surface area contributed by atoms with E-state index in [1.54, 1.807) is 18.2 Å². The Morgan fingerprint density at radius 3 is 2.48 bits per heavy atom. The molecular formula is C21H22F3N3O4. The number of hydrogen-bond acceptors (Lipinski definition) is 5. The summed E-state index contributed by atoms with van der Waals surface area (Å²) in [6.07, 6.45) is -4.49. The molecule has 7 nitrogen and oxygen atoms in total. The number of likely N-dealkylation sites (N-methyl/N-ethyl adjacent to an activating group) is 1. The number of urea groups is 1. The van der Waals surface area contributed by atoms with Crippen LogP contribution in [-0.4, -0.2) is 43.1 Å². The number of ether oxygens (including phenoxy) is 2. The molecule has 2 aromatic carbocycles. The molecule has 10 heteroatoms. The summed E-state index contributed by atoms with van der Waals surface area (Å²) in [7, 11) is 1.51. The van der Waals surface area contributed by atoms with Crippen molar-refractivity contribution in [1.82, 2.24) is 10.2 Å². The topological polar surface area (TPSA) is 79.9 Å². The number of benzene rings is 2. The van der Waals surface area contributed by atoms with E-state index in [1.165, 1.54) is 37.1 Å². The van der Waals surface area contributed by atoms with Gasteiger partial charge in [-0.15, -0.1) is 0 Å². The minimum atomic E-state index is -4.49. The van der Waals surface area contributed by atoms with Crippen molar-refractivity contribution in [2.45, 2.75) is 25.7 Å². The predicted octanol–water partition coefficient (Wildman–Crippen LogP) is 3.65. The van der Waals surface area contributed by atoms with E-state index < -0.39 is 29.7 Å². The largest absolute Gasteiger partial charge is 0.486 e. The maximum absolute atomic E-state index is 13.2. The molecule has 0 unspecified atom stereocenters.